The zero-order chi connectivity index (χ0) is 13.5. The van der Waals surface area contributed by atoms with Gasteiger partial charge in [0, 0.05) is 18.7 Å². The molecule has 5 nitrogen and oxygen atoms in total. The molecule has 1 amide bonds. The summed E-state index contributed by atoms with van der Waals surface area (Å²) < 4.78 is 15.2. The highest BCUT2D eigenvalue weighted by atomic mass is 35.5. The third kappa shape index (κ3) is 3.78. The molecule has 1 N–H and O–H groups in total. The first-order chi connectivity index (χ1) is 8.62. The lowest BCUT2D eigenvalue weighted by Gasteiger charge is -2.12. The van der Waals surface area contributed by atoms with Gasteiger partial charge < -0.3 is 19.5 Å². The summed E-state index contributed by atoms with van der Waals surface area (Å²) in [5, 5.41) is 3.01. The lowest BCUT2D eigenvalue weighted by atomic mass is 10.2. The topological polar surface area (TPSA) is 56.8 Å². The van der Waals surface area contributed by atoms with Crippen molar-refractivity contribution in [3.63, 3.8) is 0 Å². The molecule has 0 aliphatic carbocycles. The Morgan fingerprint density at radius 1 is 1.28 bits per heavy atom. The minimum atomic E-state index is -0.272. The van der Waals surface area contributed by atoms with Crippen molar-refractivity contribution in [3.05, 3.63) is 17.2 Å². The quantitative estimate of drug-likeness (QED) is 0.864. The Bertz CT molecular complexity index is 423. The van der Waals surface area contributed by atoms with Crippen LogP contribution in [0.3, 0.4) is 0 Å². The number of hydrogen-bond acceptors (Lipinski definition) is 4. The molecule has 18 heavy (non-hydrogen) atoms. The zero-order valence-electron chi connectivity index (χ0n) is 10.6. The smallest absolute Gasteiger partial charge is 0.250 e. The van der Waals surface area contributed by atoms with Crippen LogP contribution in [0.4, 0.5) is 5.69 Å². The molecule has 0 aliphatic heterocycles. The van der Waals surface area contributed by atoms with Crippen molar-refractivity contribution in [1.29, 1.82) is 0 Å². The Balaban J connectivity index is 2.85. The summed E-state index contributed by atoms with van der Waals surface area (Å²) in [7, 11) is 3.03. The summed E-state index contributed by atoms with van der Waals surface area (Å²) in [5.41, 5.74) is 0.457. The molecule has 0 fully saturated rings. The fraction of sp³-hybridized carbons (Fsp3) is 0.417. The van der Waals surface area contributed by atoms with E-state index in [1.54, 1.807) is 12.1 Å². The van der Waals surface area contributed by atoms with Gasteiger partial charge in [-0.25, -0.2) is 0 Å². The van der Waals surface area contributed by atoms with E-state index in [1.807, 2.05) is 6.92 Å². The van der Waals surface area contributed by atoms with E-state index < -0.39 is 0 Å². The molecule has 6 heteroatoms. The molecule has 0 radical (unpaired) electrons. The van der Waals surface area contributed by atoms with E-state index in [4.69, 9.17) is 25.8 Å². The molecule has 1 aromatic carbocycles. The number of ether oxygens (including phenoxy) is 3. The molecular weight excluding hydrogens is 258 g/mol. The second kappa shape index (κ2) is 7.08. The first-order valence-electron chi connectivity index (χ1n) is 5.41. The van der Waals surface area contributed by atoms with Gasteiger partial charge in [0.1, 0.15) is 6.61 Å². The van der Waals surface area contributed by atoms with Gasteiger partial charge in [-0.1, -0.05) is 11.6 Å². The Morgan fingerprint density at radius 3 is 2.44 bits per heavy atom. The van der Waals surface area contributed by atoms with Crippen molar-refractivity contribution in [2.45, 2.75) is 6.92 Å². The van der Waals surface area contributed by atoms with Gasteiger partial charge in [-0.05, 0) is 6.92 Å². The maximum Gasteiger partial charge on any atom is 0.250 e. The van der Waals surface area contributed by atoms with E-state index in [9.17, 15) is 4.79 Å². The zero-order valence-corrected chi connectivity index (χ0v) is 11.3. The minimum Gasteiger partial charge on any atom is -0.493 e. The number of benzene rings is 1. The van der Waals surface area contributed by atoms with Crippen LogP contribution < -0.4 is 14.8 Å². The van der Waals surface area contributed by atoms with Crippen LogP contribution in [0.25, 0.3) is 0 Å². The van der Waals surface area contributed by atoms with Gasteiger partial charge >= 0.3 is 0 Å². The predicted octanol–water partition coefficient (Wildman–Crippen LogP) is 2.33. The molecule has 0 bridgehead atoms. The normalized spacial score (nSPS) is 10.0. The Kier molecular flexibility index (Phi) is 5.74. The summed E-state index contributed by atoms with van der Waals surface area (Å²) in [6.07, 6.45) is 0. The summed E-state index contributed by atoms with van der Waals surface area (Å²) in [4.78, 5) is 11.5. The largest absolute Gasteiger partial charge is 0.493 e. The van der Waals surface area contributed by atoms with Crippen LogP contribution in [0.1, 0.15) is 6.92 Å². The predicted molar refractivity (Wildman–Crippen MR) is 69.7 cm³/mol. The number of carbonyl (C=O) groups excluding carboxylic acids is 1. The van der Waals surface area contributed by atoms with Gasteiger partial charge in [-0.2, -0.15) is 0 Å². The van der Waals surface area contributed by atoms with Gasteiger partial charge in [0.05, 0.1) is 24.9 Å². The van der Waals surface area contributed by atoms with Crippen LogP contribution in [0.5, 0.6) is 11.5 Å². The molecule has 0 aliphatic rings. The molecule has 0 aromatic heterocycles. The second-order valence-electron chi connectivity index (χ2n) is 3.37. The van der Waals surface area contributed by atoms with Gasteiger partial charge in [-0.3, -0.25) is 4.79 Å². The Labute approximate surface area is 111 Å². The first kappa shape index (κ1) is 14.6. The molecule has 100 valence electrons. The van der Waals surface area contributed by atoms with Crippen molar-refractivity contribution < 1.29 is 19.0 Å². The number of carbonyl (C=O) groups is 1. The van der Waals surface area contributed by atoms with Crippen molar-refractivity contribution in [1.82, 2.24) is 0 Å². The monoisotopic (exact) mass is 273 g/mol. The van der Waals surface area contributed by atoms with Crippen LogP contribution in [-0.4, -0.2) is 33.3 Å². The lowest BCUT2D eigenvalue weighted by Crippen LogP contribution is -2.18. The van der Waals surface area contributed by atoms with E-state index in [-0.39, 0.29) is 12.5 Å². The number of methoxy groups -OCH3 is 2. The maximum atomic E-state index is 11.5. The van der Waals surface area contributed by atoms with Gasteiger partial charge in [0.2, 0.25) is 5.91 Å². The summed E-state index contributed by atoms with van der Waals surface area (Å²) in [6, 6.07) is 3.18. The average molecular weight is 274 g/mol. The SMILES string of the molecule is CCOCC(=O)Nc1cc(OC)c(OC)cc1Cl. The third-order valence-electron chi connectivity index (χ3n) is 2.18. The molecule has 1 rings (SSSR count). The molecule has 0 heterocycles. The van der Waals surface area contributed by atoms with E-state index >= 15 is 0 Å². The van der Waals surface area contributed by atoms with Gasteiger partial charge in [-0.15, -0.1) is 0 Å². The van der Waals surface area contributed by atoms with Crippen LogP contribution in [0, 0.1) is 0 Å². The number of halogens is 1. The summed E-state index contributed by atoms with van der Waals surface area (Å²) in [5.74, 6) is 0.727. The highest BCUT2D eigenvalue weighted by Crippen LogP contribution is 2.35. The highest BCUT2D eigenvalue weighted by molar-refractivity contribution is 6.34. The van der Waals surface area contributed by atoms with E-state index in [1.165, 1.54) is 14.2 Å². The molecule has 0 saturated heterocycles. The van der Waals surface area contributed by atoms with Crippen molar-refractivity contribution >= 4 is 23.2 Å². The third-order valence-corrected chi connectivity index (χ3v) is 2.50. The first-order valence-corrected chi connectivity index (χ1v) is 5.79. The number of rotatable bonds is 6. The van der Waals surface area contributed by atoms with Crippen molar-refractivity contribution in [3.8, 4) is 11.5 Å². The van der Waals surface area contributed by atoms with E-state index in [0.29, 0.717) is 28.8 Å². The van der Waals surface area contributed by atoms with Crippen molar-refractivity contribution in [2.24, 2.45) is 0 Å². The molecule has 0 saturated carbocycles. The number of amides is 1. The molecule has 0 unspecified atom stereocenters. The molecule has 0 atom stereocenters. The van der Waals surface area contributed by atoms with Crippen molar-refractivity contribution in [2.75, 3.05) is 32.8 Å². The fourth-order valence-electron chi connectivity index (χ4n) is 1.33. The second-order valence-corrected chi connectivity index (χ2v) is 3.78. The van der Waals surface area contributed by atoms with E-state index in [2.05, 4.69) is 5.32 Å². The Hall–Kier alpha value is -1.46. The standard InChI is InChI=1S/C12H16ClNO4/c1-4-18-7-12(15)14-9-6-11(17-3)10(16-2)5-8(9)13/h5-6H,4,7H2,1-3H3,(H,14,15). The lowest BCUT2D eigenvalue weighted by molar-refractivity contribution is -0.120. The Morgan fingerprint density at radius 2 is 1.89 bits per heavy atom. The number of anilines is 1. The average Bonchev–Trinajstić information content (AvgIpc) is 2.38. The van der Waals surface area contributed by atoms with Gasteiger partial charge in [0.25, 0.3) is 0 Å². The molecule has 0 spiro atoms. The maximum absolute atomic E-state index is 11.5. The van der Waals surface area contributed by atoms with Crippen LogP contribution in [0.15, 0.2) is 12.1 Å². The highest BCUT2D eigenvalue weighted by Gasteiger charge is 2.12. The fourth-order valence-corrected chi connectivity index (χ4v) is 1.53. The number of nitrogens with one attached hydrogen (secondary N) is 1. The van der Waals surface area contributed by atoms with Crippen LogP contribution in [-0.2, 0) is 9.53 Å². The van der Waals surface area contributed by atoms with Crippen LogP contribution >= 0.6 is 11.6 Å². The number of hydrogen-bond donors (Lipinski definition) is 1. The molecular formula is C12H16ClNO4. The van der Waals surface area contributed by atoms with Crippen LogP contribution in [0.2, 0.25) is 5.02 Å². The minimum absolute atomic E-state index is 0.0127. The summed E-state index contributed by atoms with van der Waals surface area (Å²) >= 11 is 6.02. The van der Waals surface area contributed by atoms with E-state index in [0.717, 1.165) is 0 Å². The van der Waals surface area contributed by atoms with Gasteiger partial charge in [0.15, 0.2) is 11.5 Å². The molecule has 1 aromatic rings. The summed E-state index contributed by atoms with van der Waals surface area (Å²) in [6.45, 7) is 2.28.